The minimum atomic E-state index is -3.66. The minimum absolute atomic E-state index is 0.0489. The summed E-state index contributed by atoms with van der Waals surface area (Å²) in [5.41, 5.74) is 3.10. The van der Waals surface area contributed by atoms with Gasteiger partial charge in [0.25, 0.3) is 5.91 Å². The molecule has 27 heavy (non-hydrogen) atoms. The van der Waals surface area contributed by atoms with Crippen LogP contribution >= 0.6 is 0 Å². The molecule has 2 aromatic carbocycles. The first-order chi connectivity index (χ1) is 12.7. The van der Waals surface area contributed by atoms with Crippen LogP contribution in [0.5, 0.6) is 0 Å². The Balaban J connectivity index is 1.74. The van der Waals surface area contributed by atoms with E-state index in [-0.39, 0.29) is 5.91 Å². The van der Waals surface area contributed by atoms with E-state index in [9.17, 15) is 18.0 Å². The number of nitrogens with one attached hydrogen (secondary N) is 1. The van der Waals surface area contributed by atoms with Crippen molar-refractivity contribution < 1.29 is 18.0 Å². The van der Waals surface area contributed by atoms with E-state index in [0.29, 0.717) is 17.7 Å². The molecule has 0 fully saturated rings. The van der Waals surface area contributed by atoms with Gasteiger partial charge in [-0.25, -0.2) is 8.42 Å². The summed E-state index contributed by atoms with van der Waals surface area (Å²) in [7, 11) is -3.66. The topological polar surface area (TPSA) is 83.6 Å². The van der Waals surface area contributed by atoms with E-state index in [4.69, 9.17) is 0 Å². The molecule has 2 amide bonds. The molecule has 2 aromatic rings. The van der Waals surface area contributed by atoms with Gasteiger partial charge in [0.2, 0.25) is 15.9 Å². The van der Waals surface area contributed by atoms with Crippen LogP contribution in [0.3, 0.4) is 0 Å². The van der Waals surface area contributed by atoms with Crippen LogP contribution in [-0.4, -0.2) is 25.5 Å². The molecule has 0 saturated carbocycles. The number of benzene rings is 2. The predicted octanol–water partition coefficient (Wildman–Crippen LogP) is 2.80. The first-order valence-corrected chi connectivity index (χ1v) is 10.3. The van der Waals surface area contributed by atoms with Gasteiger partial charge < -0.3 is 4.90 Å². The molecule has 0 spiro atoms. The summed E-state index contributed by atoms with van der Waals surface area (Å²) in [6.45, 7) is 5.19. The van der Waals surface area contributed by atoms with Gasteiger partial charge in [0.1, 0.15) is 0 Å². The van der Waals surface area contributed by atoms with Crippen molar-refractivity contribution in [2.45, 2.75) is 38.5 Å². The van der Waals surface area contributed by atoms with Crippen molar-refractivity contribution in [3.63, 3.8) is 0 Å². The second-order valence-electron chi connectivity index (χ2n) is 6.92. The van der Waals surface area contributed by atoms with E-state index in [1.54, 1.807) is 36.1 Å². The molecule has 0 aromatic heterocycles. The van der Waals surface area contributed by atoms with Crippen molar-refractivity contribution in [3.8, 4) is 0 Å². The van der Waals surface area contributed by atoms with Gasteiger partial charge in [-0.2, -0.15) is 0 Å². The largest absolute Gasteiger partial charge is 0.304 e. The van der Waals surface area contributed by atoms with Crippen LogP contribution in [0, 0.1) is 0 Å². The standard InChI is InChI=1S/C20H22N2O4S/c1-13(2)27(25,26)21-19(23)14(3)15-8-10-17(11-9-15)22-12-16-6-4-5-7-18(16)20(22)24/h4-11,13-14H,12H2,1-3H3,(H,21,23). The Labute approximate surface area is 159 Å². The lowest BCUT2D eigenvalue weighted by Crippen LogP contribution is -2.38. The lowest BCUT2D eigenvalue weighted by molar-refractivity contribution is -0.120. The van der Waals surface area contributed by atoms with Gasteiger partial charge >= 0.3 is 0 Å². The SMILES string of the molecule is CC(C(=O)NS(=O)(=O)C(C)C)c1ccc(N2Cc3ccccc3C2=O)cc1. The normalized spacial score (nSPS) is 15.0. The monoisotopic (exact) mass is 386 g/mol. The quantitative estimate of drug-likeness (QED) is 0.856. The Morgan fingerprint density at radius 1 is 1.04 bits per heavy atom. The Hall–Kier alpha value is -2.67. The molecule has 0 bridgehead atoms. The minimum Gasteiger partial charge on any atom is -0.304 e. The van der Waals surface area contributed by atoms with E-state index in [1.165, 1.54) is 13.8 Å². The fourth-order valence-electron chi connectivity index (χ4n) is 2.90. The van der Waals surface area contributed by atoms with Gasteiger partial charge in [0.15, 0.2) is 0 Å². The highest BCUT2D eigenvalue weighted by Crippen LogP contribution is 2.29. The van der Waals surface area contributed by atoms with Crippen LogP contribution in [-0.2, 0) is 21.4 Å². The molecular weight excluding hydrogens is 364 g/mol. The van der Waals surface area contributed by atoms with Crippen LogP contribution in [0.4, 0.5) is 5.69 Å². The maximum absolute atomic E-state index is 12.5. The molecule has 1 heterocycles. The summed E-state index contributed by atoms with van der Waals surface area (Å²) in [6.07, 6.45) is 0. The van der Waals surface area contributed by atoms with E-state index < -0.39 is 27.1 Å². The number of fused-ring (bicyclic) bond motifs is 1. The fourth-order valence-corrected chi connectivity index (χ4v) is 3.60. The highest BCUT2D eigenvalue weighted by Gasteiger charge is 2.28. The molecule has 0 radical (unpaired) electrons. The second-order valence-corrected chi connectivity index (χ2v) is 9.16. The molecule has 1 atom stereocenters. The van der Waals surface area contributed by atoms with E-state index in [1.807, 2.05) is 24.3 Å². The Bertz CT molecular complexity index is 981. The van der Waals surface area contributed by atoms with Crippen LogP contribution < -0.4 is 9.62 Å². The number of hydrogen-bond acceptors (Lipinski definition) is 4. The van der Waals surface area contributed by atoms with Crippen LogP contribution in [0.1, 0.15) is 48.2 Å². The van der Waals surface area contributed by atoms with Crippen molar-refractivity contribution in [3.05, 3.63) is 65.2 Å². The third kappa shape index (κ3) is 3.73. The number of nitrogens with zero attached hydrogens (tertiary/aromatic N) is 1. The Morgan fingerprint density at radius 3 is 2.26 bits per heavy atom. The van der Waals surface area contributed by atoms with Crippen molar-refractivity contribution in [1.29, 1.82) is 0 Å². The number of carbonyl (C=O) groups is 2. The molecule has 7 heteroatoms. The Morgan fingerprint density at radius 2 is 1.67 bits per heavy atom. The number of amides is 2. The zero-order chi connectivity index (χ0) is 19.8. The zero-order valence-corrected chi connectivity index (χ0v) is 16.3. The molecule has 1 aliphatic rings. The molecule has 0 saturated heterocycles. The van der Waals surface area contributed by atoms with Gasteiger partial charge in [0.05, 0.1) is 17.7 Å². The van der Waals surface area contributed by atoms with Crippen molar-refractivity contribution in [1.82, 2.24) is 4.72 Å². The number of anilines is 1. The maximum atomic E-state index is 12.5. The van der Waals surface area contributed by atoms with Crippen molar-refractivity contribution >= 4 is 27.5 Å². The molecule has 3 rings (SSSR count). The predicted molar refractivity (Wildman–Crippen MR) is 104 cm³/mol. The molecule has 6 nitrogen and oxygen atoms in total. The summed E-state index contributed by atoms with van der Waals surface area (Å²) >= 11 is 0. The smallest absolute Gasteiger partial charge is 0.258 e. The number of sulfonamides is 1. The zero-order valence-electron chi connectivity index (χ0n) is 15.5. The highest BCUT2D eigenvalue weighted by molar-refractivity contribution is 7.90. The third-order valence-electron chi connectivity index (χ3n) is 4.78. The average Bonchev–Trinajstić information content (AvgIpc) is 2.98. The summed E-state index contributed by atoms with van der Waals surface area (Å²) in [5, 5.41) is -0.682. The maximum Gasteiger partial charge on any atom is 0.258 e. The average molecular weight is 386 g/mol. The van der Waals surface area contributed by atoms with E-state index in [0.717, 1.165) is 11.3 Å². The van der Waals surface area contributed by atoms with E-state index in [2.05, 4.69) is 4.72 Å². The third-order valence-corrected chi connectivity index (χ3v) is 6.51. The van der Waals surface area contributed by atoms with Gasteiger partial charge in [0, 0.05) is 11.3 Å². The molecule has 1 N–H and O–H groups in total. The van der Waals surface area contributed by atoms with Gasteiger partial charge in [-0.05, 0) is 50.1 Å². The first kappa shape index (κ1) is 19.1. The summed E-state index contributed by atoms with van der Waals surface area (Å²) < 4.78 is 25.9. The van der Waals surface area contributed by atoms with Crippen molar-refractivity contribution in [2.75, 3.05) is 4.90 Å². The number of carbonyl (C=O) groups excluding carboxylic acids is 2. The second kappa shape index (κ2) is 7.15. The molecule has 142 valence electrons. The molecule has 0 aliphatic carbocycles. The van der Waals surface area contributed by atoms with Gasteiger partial charge in [-0.15, -0.1) is 0 Å². The van der Waals surface area contributed by atoms with E-state index >= 15 is 0 Å². The van der Waals surface area contributed by atoms with Crippen LogP contribution in [0.25, 0.3) is 0 Å². The number of hydrogen-bond donors (Lipinski definition) is 1. The lowest BCUT2D eigenvalue weighted by Gasteiger charge is -2.18. The molecular formula is C20H22N2O4S. The summed E-state index contributed by atoms with van der Waals surface area (Å²) in [5.74, 6) is -1.24. The fraction of sp³-hybridized carbons (Fsp3) is 0.300. The summed E-state index contributed by atoms with van der Waals surface area (Å²) in [4.78, 5) is 26.5. The Kier molecular flexibility index (Phi) is 5.06. The van der Waals surface area contributed by atoms with Crippen LogP contribution in [0.15, 0.2) is 48.5 Å². The van der Waals surface area contributed by atoms with Gasteiger partial charge in [-0.1, -0.05) is 30.3 Å². The first-order valence-electron chi connectivity index (χ1n) is 8.76. The lowest BCUT2D eigenvalue weighted by atomic mass is 10.0. The molecule has 1 aliphatic heterocycles. The highest BCUT2D eigenvalue weighted by atomic mass is 32.2. The summed E-state index contributed by atoms with van der Waals surface area (Å²) in [6, 6.07) is 14.5. The van der Waals surface area contributed by atoms with Crippen molar-refractivity contribution in [2.24, 2.45) is 0 Å². The van der Waals surface area contributed by atoms with Crippen LogP contribution in [0.2, 0.25) is 0 Å². The van der Waals surface area contributed by atoms with Gasteiger partial charge in [-0.3, -0.25) is 14.3 Å². The number of rotatable bonds is 5. The molecule has 1 unspecified atom stereocenters.